The van der Waals surface area contributed by atoms with Crippen LogP contribution in [0.25, 0.3) is 11.1 Å². The van der Waals surface area contributed by atoms with Crippen molar-refractivity contribution >= 4 is 17.4 Å². The van der Waals surface area contributed by atoms with Gasteiger partial charge in [0.1, 0.15) is 11.5 Å². The predicted molar refractivity (Wildman–Crippen MR) is 137 cm³/mol. The first-order chi connectivity index (χ1) is 16.4. The van der Waals surface area contributed by atoms with Crippen LogP contribution in [0.1, 0.15) is 37.4 Å². The van der Waals surface area contributed by atoms with E-state index in [1.54, 1.807) is 0 Å². The highest BCUT2D eigenvalue weighted by molar-refractivity contribution is 6.30. The van der Waals surface area contributed by atoms with Gasteiger partial charge in [-0.15, -0.1) is 0 Å². The molecular weight excluding hydrogens is 444 g/mol. The van der Waals surface area contributed by atoms with Gasteiger partial charge in [0.05, 0.1) is 5.60 Å². The summed E-state index contributed by atoms with van der Waals surface area (Å²) in [6.07, 6.45) is 6.53. The summed E-state index contributed by atoms with van der Waals surface area (Å²) >= 11 is 5.97. The van der Waals surface area contributed by atoms with Crippen molar-refractivity contribution in [3.05, 3.63) is 77.2 Å². The molecule has 3 aromatic rings. The van der Waals surface area contributed by atoms with Crippen molar-refractivity contribution in [1.82, 2.24) is 14.9 Å². The van der Waals surface area contributed by atoms with E-state index in [1.165, 1.54) is 0 Å². The molecule has 0 bridgehead atoms. The summed E-state index contributed by atoms with van der Waals surface area (Å²) in [5, 5.41) is 10.9. The Balaban J connectivity index is 1.18. The largest absolute Gasteiger partial charge is 0.390 e. The Kier molecular flexibility index (Phi) is 6.56. The molecule has 6 heteroatoms. The molecule has 2 aliphatic heterocycles. The number of likely N-dealkylation sites (tertiary alicyclic amines) is 1. The first-order valence-electron chi connectivity index (χ1n) is 11.9. The lowest BCUT2D eigenvalue weighted by molar-refractivity contribution is -0.0142. The molecule has 174 valence electrons. The van der Waals surface area contributed by atoms with Gasteiger partial charge in [-0.05, 0) is 68.0 Å². The summed E-state index contributed by atoms with van der Waals surface area (Å²) in [6, 6.07) is 16.3. The van der Waals surface area contributed by atoms with Crippen LogP contribution in [0.15, 0.2) is 60.9 Å². The third-order valence-electron chi connectivity index (χ3n) is 6.90. The van der Waals surface area contributed by atoms with E-state index >= 15 is 0 Å². The standard InChI is InChI=1S/C28H29ClN4O/c1-28(34)13-16-32(17-14-28)26-12-15-33(20-26)27-11-3-21(18-31-27)2-9-25-10-6-23(19-30-25)22-4-7-24(29)8-5-22/h3-8,10-11,18-19,26,34H,12-17,20H2,1H3. The molecule has 0 amide bonds. The fourth-order valence-electron chi connectivity index (χ4n) is 4.68. The van der Waals surface area contributed by atoms with Gasteiger partial charge in [-0.25, -0.2) is 9.97 Å². The third kappa shape index (κ3) is 5.42. The van der Waals surface area contributed by atoms with Gasteiger partial charge in [0, 0.05) is 60.8 Å². The maximum absolute atomic E-state index is 10.2. The second-order valence-corrected chi connectivity index (χ2v) is 9.95. The van der Waals surface area contributed by atoms with Crippen LogP contribution in [0.2, 0.25) is 5.02 Å². The molecule has 34 heavy (non-hydrogen) atoms. The van der Waals surface area contributed by atoms with Gasteiger partial charge in [-0.1, -0.05) is 35.7 Å². The fourth-order valence-corrected chi connectivity index (χ4v) is 4.81. The van der Waals surface area contributed by atoms with Crippen LogP contribution in [0, 0.1) is 11.8 Å². The SMILES string of the molecule is CC1(O)CCN(C2CCN(c3ccc(C#Cc4ccc(-c5ccc(Cl)cc5)cn4)cn3)C2)CC1. The lowest BCUT2D eigenvalue weighted by Gasteiger charge is -2.38. The van der Waals surface area contributed by atoms with Crippen molar-refractivity contribution in [2.45, 2.75) is 37.8 Å². The van der Waals surface area contributed by atoms with Crippen LogP contribution in [0.3, 0.4) is 0 Å². The second-order valence-electron chi connectivity index (χ2n) is 9.52. The monoisotopic (exact) mass is 472 g/mol. The van der Waals surface area contributed by atoms with E-state index in [4.69, 9.17) is 11.6 Å². The van der Waals surface area contributed by atoms with E-state index in [-0.39, 0.29) is 0 Å². The van der Waals surface area contributed by atoms with E-state index in [0.29, 0.717) is 6.04 Å². The molecule has 2 saturated heterocycles. The molecule has 2 fully saturated rings. The molecule has 0 spiro atoms. The zero-order valence-electron chi connectivity index (χ0n) is 19.4. The quantitative estimate of drug-likeness (QED) is 0.563. The number of pyridine rings is 2. The number of piperidine rings is 1. The molecule has 4 heterocycles. The van der Waals surface area contributed by atoms with E-state index in [2.05, 4.69) is 37.7 Å². The van der Waals surface area contributed by atoms with Gasteiger partial charge in [0.2, 0.25) is 0 Å². The number of rotatable bonds is 3. The highest BCUT2D eigenvalue weighted by atomic mass is 35.5. The number of halogens is 1. The summed E-state index contributed by atoms with van der Waals surface area (Å²) in [6.45, 7) is 5.90. The van der Waals surface area contributed by atoms with Crippen molar-refractivity contribution in [3.8, 4) is 23.0 Å². The summed E-state index contributed by atoms with van der Waals surface area (Å²) in [7, 11) is 0. The Morgan fingerprint density at radius 1 is 0.912 bits per heavy atom. The molecule has 2 aromatic heterocycles. The second kappa shape index (κ2) is 9.76. The number of aliphatic hydroxyl groups is 1. The van der Waals surface area contributed by atoms with E-state index < -0.39 is 5.60 Å². The Morgan fingerprint density at radius 2 is 1.68 bits per heavy atom. The smallest absolute Gasteiger partial charge is 0.128 e. The molecule has 1 atom stereocenters. The van der Waals surface area contributed by atoms with Crippen molar-refractivity contribution in [3.63, 3.8) is 0 Å². The summed E-state index contributed by atoms with van der Waals surface area (Å²) in [5.41, 5.74) is 3.21. The molecule has 2 aliphatic rings. The van der Waals surface area contributed by atoms with Gasteiger partial charge >= 0.3 is 0 Å². The summed E-state index contributed by atoms with van der Waals surface area (Å²) in [5.74, 6) is 7.30. The lowest BCUT2D eigenvalue weighted by Crippen LogP contribution is -2.47. The van der Waals surface area contributed by atoms with Gasteiger partial charge in [0.25, 0.3) is 0 Å². The van der Waals surface area contributed by atoms with Gasteiger partial charge in [0.15, 0.2) is 0 Å². The average Bonchev–Trinajstić information content (AvgIpc) is 3.34. The number of aromatic nitrogens is 2. The van der Waals surface area contributed by atoms with Crippen LogP contribution in [-0.4, -0.2) is 57.8 Å². The number of hydrogen-bond donors (Lipinski definition) is 1. The minimum atomic E-state index is -0.499. The van der Waals surface area contributed by atoms with Crippen molar-refractivity contribution in [2.24, 2.45) is 0 Å². The topological polar surface area (TPSA) is 52.5 Å². The van der Waals surface area contributed by atoms with Crippen LogP contribution in [0.4, 0.5) is 5.82 Å². The van der Waals surface area contributed by atoms with Crippen LogP contribution >= 0.6 is 11.6 Å². The Morgan fingerprint density at radius 3 is 2.35 bits per heavy atom. The summed E-state index contributed by atoms with van der Waals surface area (Å²) < 4.78 is 0. The van der Waals surface area contributed by atoms with E-state index in [0.717, 1.165) is 78.7 Å². The Labute approximate surface area is 206 Å². The molecule has 0 saturated carbocycles. The normalized spacial score (nSPS) is 20.1. The van der Waals surface area contributed by atoms with Crippen LogP contribution in [0.5, 0.6) is 0 Å². The van der Waals surface area contributed by atoms with E-state index in [9.17, 15) is 5.11 Å². The zero-order valence-corrected chi connectivity index (χ0v) is 20.2. The van der Waals surface area contributed by atoms with Crippen molar-refractivity contribution in [2.75, 3.05) is 31.1 Å². The number of nitrogens with zero attached hydrogens (tertiary/aromatic N) is 4. The summed E-state index contributed by atoms with van der Waals surface area (Å²) in [4.78, 5) is 14.0. The highest BCUT2D eigenvalue weighted by Crippen LogP contribution is 2.27. The molecular formula is C28H29ClN4O. The maximum atomic E-state index is 10.2. The van der Waals surface area contributed by atoms with E-state index in [1.807, 2.05) is 61.8 Å². The molecule has 0 aliphatic carbocycles. The van der Waals surface area contributed by atoms with Crippen molar-refractivity contribution in [1.29, 1.82) is 0 Å². The molecule has 1 aromatic carbocycles. The third-order valence-corrected chi connectivity index (χ3v) is 7.15. The average molecular weight is 473 g/mol. The predicted octanol–water partition coefficient (Wildman–Crippen LogP) is 4.62. The van der Waals surface area contributed by atoms with Crippen LogP contribution in [-0.2, 0) is 0 Å². The Bertz CT molecular complexity index is 1170. The fraction of sp³-hybridized carbons (Fsp3) is 0.357. The molecule has 0 radical (unpaired) electrons. The van der Waals surface area contributed by atoms with Gasteiger partial charge in [-0.3, -0.25) is 4.90 Å². The lowest BCUT2D eigenvalue weighted by atomic mass is 9.93. The van der Waals surface area contributed by atoms with Gasteiger partial charge in [-0.2, -0.15) is 0 Å². The maximum Gasteiger partial charge on any atom is 0.128 e. The first-order valence-corrected chi connectivity index (χ1v) is 12.2. The molecule has 5 nitrogen and oxygen atoms in total. The molecule has 1 N–H and O–H groups in total. The number of hydrogen-bond acceptors (Lipinski definition) is 5. The minimum absolute atomic E-state index is 0.499. The minimum Gasteiger partial charge on any atom is -0.390 e. The molecule has 1 unspecified atom stereocenters. The highest BCUT2D eigenvalue weighted by Gasteiger charge is 2.34. The molecule has 5 rings (SSSR count). The number of benzene rings is 1. The van der Waals surface area contributed by atoms with Crippen LogP contribution < -0.4 is 4.90 Å². The Hall–Kier alpha value is -2.91. The van der Waals surface area contributed by atoms with Gasteiger partial charge < -0.3 is 10.0 Å². The van der Waals surface area contributed by atoms with Crippen molar-refractivity contribution < 1.29 is 5.11 Å². The first kappa shape index (κ1) is 22.9. The number of anilines is 1. The zero-order chi connectivity index (χ0) is 23.5.